The Morgan fingerprint density at radius 1 is 0.525 bits per heavy atom. The van der Waals surface area contributed by atoms with E-state index in [9.17, 15) is 0 Å². The number of para-hydroxylation sites is 2. The van der Waals surface area contributed by atoms with Crippen LogP contribution in [0, 0.1) is 0 Å². The molecule has 5 aromatic carbocycles. The molecule has 0 amide bonds. The van der Waals surface area contributed by atoms with Crippen molar-refractivity contribution in [2.75, 3.05) is 0 Å². The summed E-state index contributed by atoms with van der Waals surface area (Å²) in [5.41, 5.74) is 9.97. The fraction of sp³-hybridized carbons (Fsp3) is 0. The molecule has 8 rings (SSSR count). The predicted molar refractivity (Wildman–Crippen MR) is 168 cm³/mol. The normalized spacial score (nSPS) is 11.5. The minimum atomic E-state index is 0.956. The molecule has 3 aromatic heterocycles. The van der Waals surface area contributed by atoms with Gasteiger partial charge in [0, 0.05) is 39.3 Å². The van der Waals surface area contributed by atoms with Crippen molar-refractivity contribution in [1.82, 2.24) is 14.5 Å². The molecule has 0 atom stereocenters. The van der Waals surface area contributed by atoms with Crippen LogP contribution in [0.1, 0.15) is 0 Å². The van der Waals surface area contributed by atoms with E-state index in [1.165, 1.54) is 32.1 Å². The average molecular weight is 530 g/mol. The average Bonchev–Trinajstić information content (AvgIpc) is 3.61. The largest absolute Gasteiger partial charge is 0.309 e. The molecule has 0 saturated heterocycles. The third-order valence-electron chi connectivity index (χ3n) is 7.49. The first kappa shape index (κ1) is 22.9. The molecule has 0 aliphatic heterocycles. The van der Waals surface area contributed by atoms with Gasteiger partial charge in [-0.25, -0.2) is 4.98 Å². The standard InChI is InChI=1S/C36H23N3S/c1-2-9-24(10-3-1)27-18-20-31(37-23-27)25-11-8-12-28(21-25)39-33-15-6-4-13-29(33)30-19-17-26(22-34(30)39)36-38-32-14-5-7-16-35(32)40-36/h1-23H. The van der Waals surface area contributed by atoms with Crippen molar-refractivity contribution in [3.05, 3.63) is 140 Å². The Morgan fingerprint density at radius 3 is 2.17 bits per heavy atom. The number of benzene rings is 5. The molecule has 8 aromatic rings. The quantitative estimate of drug-likeness (QED) is 0.227. The van der Waals surface area contributed by atoms with E-state index in [4.69, 9.17) is 9.97 Å². The van der Waals surface area contributed by atoms with E-state index in [1.807, 2.05) is 18.3 Å². The second-order valence-corrected chi connectivity index (χ2v) is 11.0. The van der Waals surface area contributed by atoms with Gasteiger partial charge in [0.05, 0.1) is 26.9 Å². The molecule has 4 heteroatoms. The van der Waals surface area contributed by atoms with Crippen molar-refractivity contribution in [1.29, 1.82) is 0 Å². The van der Waals surface area contributed by atoms with E-state index in [2.05, 4.69) is 126 Å². The summed E-state index contributed by atoms with van der Waals surface area (Å²) in [6, 6.07) is 47.0. The highest BCUT2D eigenvalue weighted by Gasteiger charge is 2.15. The lowest BCUT2D eigenvalue weighted by Gasteiger charge is -2.11. The SMILES string of the molecule is c1ccc(-c2ccc(-c3cccc(-n4c5ccccc5c5ccc(-c6nc7ccccc7s6)cc54)c3)nc2)cc1. The summed E-state index contributed by atoms with van der Waals surface area (Å²) in [6.45, 7) is 0. The van der Waals surface area contributed by atoms with Crippen LogP contribution in [-0.2, 0) is 0 Å². The zero-order valence-corrected chi connectivity index (χ0v) is 22.3. The number of rotatable bonds is 4. The van der Waals surface area contributed by atoms with Crippen LogP contribution < -0.4 is 0 Å². The minimum absolute atomic E-state index is 0.956. The summed E-state index contributed by atoms with van der Waals surface area (Å²) >= 11 is 1.74. The van der Waals surface area contributed by atoms with Gasteiger partial charge in [-0.05, 0) is 48.0 Å². The first-order valence-electron chi connectivity index (χ1n) is 13.3. The lowest BCUT2D eigenvalue weighted by Crippen LogP contribution is -1.95. The van der Waals surface area contributed by atoms with Crippen LogP contribution in [0.25, 0.3) is 70.7 Å². The molecule has 0 N–H and O–H groups in total. The number of pyridine rings is 1. The van der Waals surface area contributed by atoms with Gasteiger partial charge in [-0.15, -0.1) is 11.3 Å². The number of aromatic nitrogens is 3. The Bertz CT molecular complexity index is 2120. The molecule has 0 spiro atoms. The second-order valence-electron chi connectivity index (χ2n) is 9.92. The monoisotopic (exact) mass is 529 g/mol. The first-order valence-corrected chi connectivity index (χ1v) is 14.1. The molecule has 40 heavy (non-hydrogen) atoms. The maximum Gasteiger partial charge on any atom is 0.124 e. The minimum Gasteiger partial charge on any atom is -0.309 e. The van der Waals surface area contributed by atoms with Gasteiger partial charge in [0.25, 0.3) is 0 Å². The molecule has 3 heterocycles. The van der Waals surface area contributed by atoms with Gasteiger partial charge in [-0.2, -0.15) is 0 Å². The van der Waals surface area contributed by atoms with Crippen LogP contribution in [0.5, 0.6) is 0 Å². The predicted octanol–water partition coefficient (Wildman–Crippen LogP) is 9.79. The Hall–Kier alpha value is -5.06. The van der Waals surface area contributed by atoms with Crippen molar-refractivity contribution in [3.63, 3.8) is 0 Å². The topological polar surface area (TPSA) is 30.7 Å². The lowest BCUT2D eigenvalue weighted by molar-refractivity contribution is 1.18. The molecule has 0 fully saturated rings. The third kappa shape index (κ3) is 3.81. The van der Waals surface area contributed by atoms with Gasteiger partial charge in [0.2, 0.25) is 0 Å². The highest BCUT2D eigenvalue weighted by molar-refractivity contribution is 7.21. The molecular formula is C36H23N3S. The van der Waals surface area contributed by atoms with E-state index >= 15 is 0 Å². The van der Waals surface area contributed by atoms with Crippen LogP contribution >= 0.6 is 11.3 Å². The lowest BCUT2D eigenvalue weighted by atomic mass is 10.1. The van der Waals surface area contributed by atoms with Crippen LogP contribution in [-0.4, -0.2) is 14.5 Å². The van der Waals surface area contributed by atoms with Crippen molar-refractivity contribution >= 4 is 43.4 Å². The molecule has 3 nitrogen and oxygen atoms in total. The molecule has 0 unspecified atom stereocenters. The fourth-order valence-corrected chi connectivity index (χ4v) is 6.51. The number of hydrogen-bond donors (Lipinski definition) is 0. The zero-order valence-electron chi connectivity index (χ0n) is 21.5. The molecular weight excluding hydrogens is 506 g/mol. The van der Waals surface area contributed by atoms with Crippen LogP contribution in [0.3, 0.4) is 0 Å². The van der Waals surface area contributed by atoms with Gasteiger partial charge in [0.1, 0.15) is 5.01 Å². The molecule has 188 valence electrons. The van der Waals surface area contributed by atoms with E-state index in [0.29, 0.717) is 0 Å². The van der Waals surface area contributed by atoms with Gasteiger partial charge in [0.15, 0.2) is 0 Å². The number of nitrogens with zero attached hydrogens (tertiary/aromatic N) is 3. The second kappa shape index (κ2) is 9.30. The van der Waals surface area contributed by atoms with E-state index in [0.717, 1.165) is 38.6 Å². The smallest absolute Gasteiger partial charge is 0.124 e. The highest BCUT2D eigenvalue weighted by atomic mass is 32.1. The number of fused-ring (bicyclic) bond motifs is 4. The van der Waals surface area contributed by atoms with E-state index < -0.39 is 0 Å². The van der Waals surface area contributed by atoms with Crippen molar-refractivity contribution in [2.24, 2.45) is 0 Å². The number of thiazole rings is 1. The molecule has 0 bridgehead atoms. The van der Waals surface area contributed by atoms with Crippen molar-refractivity contribution < 1.29 is 0 Å². The highest BCUT2D eigenvalue weighted by Crippen LogP contribution is 2.37. The molecule has 0 radical (unpaired) electrons. The Labute approximate surface area is 235 Å². The van der Waals surface area contributed by atoms with Crippen LogP contribution in [0.4, 0.5) is 0 Å². The maximum absolute atomic E-state index is 4.93. The van der Waals surface area contributed by atoms with Crippen LogP contribution in [0.15, 0.2) is 140 Å². The summed E-state index contributed by atoms with van der Waals surface area (Å²) in [7, 11) is 0. The van der Waals surface area contributed by atoms with E-state index in [1.54, 1.807) is 11.3 Å². The van der Waals surface area contributed by atoms with Gasteiger partial charge < -0.3 is 4.57 Å². The number of hydrogen-bond acceptors (Lipinski definition) is 3. The Balaban J connectivity index is 1.27. The summed E-state index contributed by atoms with van der Waals surface area (Å²) < 4.78 is 3.57. The van der Waals surface area contributed by atoms with Crippen LogP contribution in [0.2, 0.25) is 0 Å². The summed E-state index contributed by atoms with van der Waals surface area (Å²) in [6.07, 6.45) is 1.96. The summed E-state index contributed by atoms with van der Waals surface area (Å²) in [5, 5.41) is 3.51. The fourth-order valence-electron chi connectivity index (χ4n) is 5.55. The zero-order chi connectivity index (χ0) is 26.5. The van der Waals surface area contributed by atoms with E-state index in [-0.39, 0.29) is 0 Å². The Kier molecular flexibility index (Phi) is 5.32. The maximum atomic E-state index is 4.93. The first-order chi connectivity index (χ1) is 19.8. The Morgan fingerprint density at radius 2 is 1.30 bits per heavy atom. The summed E-state index contributed by atoms with van der Waals surface area (Å²) in [5.74, 6) is 0. The summed E-state index contributed by atoms with van der Waals surface area (Å²) in [4.78, 5) is 9.76. The third-order valence-corrected chi connectivity index (χ3v) is 8.57. The van der Waals surface area contributed by atoms with Gasteiger partial charge in [-0.1, -0.05) is 91.0 Å². The van der Waals surface area contributed by atoms with Crippen molar-refractivity contribution in [3.8, 4) is 38.6 Å². The van der Waals surface area contributed by atoms with Crippen molar-refractivity contribution in [2.45, 2.75) is 0 Å². The molecule has 0 aliphatic carbocycles. The van der Waals surface area contributed by atoms with Gasteiger partial charge in [-0.3, -0.25) is 4.98 Å². The van der Waals surface area contributed by atoms with Gasteiger partial charge >= 0.3 is 0 Å². The molecule has 0 aliphatic rings. The molecule has 0 saturated carbocycles.